The van der Waals surface area contributed by atoms with Crippen LogP contribution in [-0.4, -0.2) is 99.9 Å². The fraction of sp³-hybridized carbons (Fsp3) is 0.579. The van der Waals surface area contributed by atoms with Gasteiger partial charge in [-0.05, 0) is 31.4 Å². The zero-order chi connectivity index (χ0) is 21.7. The van der Waals surface area contributed by atoms with E-state index >= 15 is 0 Å². The first kappa shape index (κ1) is 22.9. The lowest BCUT2D eigenvalue weighted by atomic mass is 10.2. The van der Waals surface area contributed by atoms with Crippen LogP contribution in [0.3, 0.4) is 0 Å². The molecular formula is C19H27N3O6S2. The fourth-order valence-electron chi connectivity index (χ4n) is 3.43. The van der Waals surface area contributed by atoms with E-state index in [1.165, 1.54) is 33.1 Å². The molecular weight excluding hydrogens is 430 g/mol. The lowest BCUT2D eigenvalue weighted by Crippen LogP contribution is -2.50. The van der Waals surface area contributed by atoms with Crippen LogP contribution in [0.5, 0.6) is 0 Å². The molecule has 2 aliphatic rings. The Morgan fingerprint density at radius 2 is 1.73 bits per heavy atom. The van der Waals surface area contributed by atoms with E-state index in [0.717, 1.165) is 4.90 Å². The number of ether oxygens (including phenoxy) is 2. The van der Waals surface area contributed by atoms with Gasteiger partial charge in [0.05, 0.1) is 30.3 Å². The number of benzene rings is 1. The second kappa shape index (κ2) is 9.99. The molecule has 2 amide bonds. The Hall–Kier alpha value is -1.82. The SMILES string of the molecule is CCOC(=O)N1CCN(S(=O)(=O)c2ccc(SC)c(C(=O)N3CCOCC3)c2)CC1. The molecule has 3 rings (SSSR count). The predicted octanol–water partition coefficient (Wildman–Crippen LogP) is 1.34. The van der Waals surface area contributed by atoms with E-state index in [1.54, 1.807) is 17.9 Å². The quantitative estimate of drug-likeness (QED) is 0.616. The summed E-state index contributed by atoms with van der Waals surface area (Å²) in [6, 6.07) is 4.69. The highest BCUT2D eigenvalue weighted by atomic mass is 32.2. The fourth-order valence-corrected chi connectivity index (χ4v) is 5.45. The van der Waals surface area contributed by atoms with Crippen LogP contribution in [-0.2, 0) is 19.5 Å². The number of carbonyl (C=O) groups excluding carboxylic acids is 2. The Morgan fingerprint density at radius 3 is 2.33 bits per heavy atom. The summed E-state index contributed by atoms with van der Waals surface area (Å²) >= 11 is 1.41. The zero-order valence-corrected chi connectivity index (χ0v) is 18.8. The maximum absolute atomic E-state index is 13.2. The van der Waals surface area contributed by atoms with Crippen LogP contribution >= 0.6 is 11.8 Å². The maximum Gasteiger partial charge on any atom is 0.409 e. The molecule has 1 aromatic carbocycles. The molecule has 30 heavy (non-hydrogen) atoms. The van der Waals surface area contributed by atoms with E-state index in [9.17, 15) is 18.0 Å². The lowest BCUT2D eigenvalue weighted by molar-refractivity contribution is 0.0300. The Kier molecular flexibility index (Phi) is 7.61. The van der Waals surface area contributed by atoms with E-state index in [-0.39, 0.29) is 43.6 Å². The van der Waals surface area contributed by atoms with Gasteiger partial charge in [-0.1, -0.05) is 0 Å². The number of amides is 2. The lowest BCUT2D eigenvalue weighted by Gasteiger charge is -2.33. The number of thioether (sulfide) groups is 1. The third-order valence-corrected chi connectivity index (χ3v) is 7.79. The number of nitrogens with zero attached hydrogens (tertiary/aromatic N) is 3. The maximum atomic E-state index is 13.2. The van der Waals surface area contributed by atoms with Crippen molar-refractivity contribution >= 4 is 33.8 Å². The Labute approximate surface area is 181 Å². The molecule has 0 radical (unpaired) electrons. The van der Waals surface area contributed by atoms with Crippen LogP contribution in [0, 0.1) is 0 Å². The van der Waals surface area contributed by atoms with Crippen molar-refractivity contribution in [3.8, 4) is 0 Å². The van der Waals surface area contributed by atoms with Gasteiger partial charge in [-0.2, -0.15) is 4.31 Å². The molecule has 2 aliphatic heterocycles. The average Bonchev–Trinajstić information content (AvgIpc) is 2.79. The number of rotatable bonds is 5. The topological polar surface area (TPSA) is 96.5 Å². The van der Waals surface area contributed by atoms with Gasteiger partial charge >= 0.3 is 6.09 Å². The Balaban J connectivity index is 1.79. The molecule has 9 nitrogen and oxygen atoms in total. The number of hydrogen-bond donors (Lipinski definition) is 0. The molecule has 11 heteroatoms. The van der Waals surface area contributed by atoms with Crippen LogP contribution in [0.1, 0.15) is 17.3 Å². The summed E-state index contributed by atoms with van der Waals surface area (Å²) in [5, 5.41) is 0. The van der Waals surface area contributed by atoms with Crippen molar-refractivity contribution in [2.24, 2.45) is 0 Å². The summed E-state index contributed by atoms with van der Waals surface area (Å²) in [5.74, 6) is -0.188. The normalized spacial score (nSPS) is 18.3. The minimum atomic E-state index is -3.79. The molecule has 0 atom stereocenters. The van der Waals surface area contributed by atoms with E-state index in [2.05, 4.69) is 0 Å². The Morgan fingerprint density at radius 1 is 1.07 bits per heavy atom. The van der Waals surface area contributed by atoms with Crippen LogP contribution < -0.4 is 0 Å². The summed E-state index contributed by atoms with van der Waals surface area (Å²) in [4.78, 5) is 28.9. The van der Waals surface area contributed by atoms with Gasteiger partial charge in [-0.3, -0.25) is 4.79 Å². The summed E-state index contributed by atoms with van der Waals surface area (Å²) in [7, 11) is -3.79. The van der Waals surface area contributed by atoms with Gasteiger partial charge in [0, 0.05) is 44.2 Å². The molecule has 0 aliphatic carbocycles. The molecule has 0 aromatic heterocycles. The van der Waals surface area contributed by atoms with Crippen molar-refractivity contribution in [1.29, 1.82) is 0 Å². The third-order valence-electron chi connectivity index (χ3n) is 5.10. The average molecular weight is 458 g/mol. The standard InChI is InChI=1S/C19H27N3O6S2/c1-3-28-19(24)21-6-8-22(9-7-21)30(25,26)15-4-5-17(29-2)16(14-15)18(23)20-10-12-27-13-11-20/h4-5,14H,3,6-13H2,1-2H3. The summed E-state index contributed by atoms with van der Waals surface area (Å²) < 4.78 is 38.0. The largest absolute Gasteiger partial charge is 0.450 e. The highest BCUT2D eigenvalue weighted by Crippen LogP contribution is 2.27. The predicted molar refractivity (Wildman–Crippen MR) is 112 cm³/mol. The van der Waals surface area contributed by atoms with Gasteiger partial charge in [-0.15, -0.1) is 11.8 Å². The molecule has 2 fully saturated rings. The van der Waals surface area contributed by atoms with Gasteiger partial charge < -0.3 is 19.3 Å². The van der Waals surface area contributed by atoms with Crippen molar-refractivity contribution < 1.29 is 27.5 Å². The van der Waals surface area contributed by atoms with Gasteiger partial charge in [0.1, 0.15) is 0 Å². The second-order valence-electron chi connectivity index (χ2n) is 6.86. The van der Waals surface area contributed by atoms with E-state index < -0.39 is 16.1 Å². The molecule has 1 aromatic rings. The highest BCUT2D eigenvalue weighted by Gasteiger charge is 2.32. The number of hydrogen-bond acceptors (Lipinski definition) is 7. The van der Waals surface area contributed by atoms with E-state index in [0.29, 0.717) is 31.9 Å². The van der Waals surface area contributed by atoms with Gasteiger partial charge in [0.25, 0.3) is 5.91 Å². The molecule has 0 unspecified atom stereocenters. The van der Waals surface area contributed by atoms with Crippen molar-refractivity contribution in [3.05, 3.63) is 23.8 Å². The first-order chi connectivity index (χ1) is 14.4. The summed E-state index contributed by atoms with van der Waals surface area (Å²) in [5.41, 5.74) is 0.385. The van der Waals surface area contributed by atoms with Crippen LogP contribution in [0.25, 0.3) is 0 Å². The van der Waals surface area contributed by atoms with Crippen molar-refractivity contribution in [1.82, 2.24) is 14.1 Å². The minimum absolute atomic E-state index is 0.0847. The van der Waals surface area contributed by atoms with Gasteiger partial charge in [0.2, 0.25) is 10.0 Å². The van der Waals surface area contributed by atoms with Crippen LogP contribution in [0.15, 0.2) is 28.0 Å². The Bertz CT molecular complexity index is 878. The van der Waals surface area contributed by atoms with Crippen molar-refractivity contribution in [2.45, 2.75) is 16.7 Å². The molecule has 0 N–H and O–H groups in total. The first-order valence-electron chi connectivity index (χ1n) is 9.85. The number of piperazine rings is 1. The number of carbonyl (C=O) groups is 2. The molecule has 2 heterocycles. The summed E-state index contributed by atoms with van der Waals surface area (Å²) in [6.07, 6.45) is 1.42. The third kappa shape index (κ3) is 4.90. The van der Waals surface area contributed by atoms with Crippen molar-refractivity contribution in [2.75, 3.05) is 65.3 Å². The molecule has 166 valence electrons. The van der Waals surface area contributed by atoms with E-state index in [4.69, 9.17) is 9.47 Å². The van der Waals surface area contributed by atoms with Crippen molar-refractivity contribution in [3.63, 3.8) is 0 Å². The van der Waals surface area contributed by atoms with Gasteiger partial charge in [0.15, 0.2) is 0 Å². The molecule has 0 bridgehead atoms. The zero-order valence-electron chi connectivity index (χ0n) is 17.2. The smallest absolute Gasteiger partial charge is 0.409 e. The molecule has 0 spiro atoms. The van der Waals surface area contributed by atoms with Crippen LogP contribution in [0.2, 0.25) is 0 Å². The number of sulfonamides is 1. The highest BCUT2D eigenvalue weighted by molar-refractivity contribution is 7.98. The first-order valence-corrected chi connectivity index (χ1v) is 12.5. The monoisotopic (exact) mass is 457 g/mol. The second-order valence-corrected chi connectivity index (χ2v) is 9.64. The minimum Gasteiger partial charge on any atom is -0.450 e. The van der Waals surface area contributed by atoms with E-state index in [1.807, 2.05) is 6.26 Å². The van der Waals surface area contributed by atoms with Crippen LogP contribution in [0.4, 0.5) is 4.79 Å². The molecule has 2 saturated heterocycles. The molecule has 0 saturated carbocycles. The number of morpholine rings is 1. The van der Waals surface area contributed by atoms with Gasteiger partial charge in [-0.25, -0.2) is 13.2 Å². The summed E-state index contributed by atoms with van der Waals surface area (Å²) in [6.45, 7) is 4.81.